The molecule has 5 rings (SSSR count). The molecule has 6 nitrogen and oxygen atoms in total. The first-order valence-electron chi connectivity index (χ1n) is 12.1. The highest BCUT2D eigenvalue weighted by molar-refractivity contribution is 7.15. The first-order chi connectivity index (χ1) is 17.3. The zero-order valence-electron chi connectivity index (χ0n) is 20.7. The number of rotatable bonds is 5. The number of likely N-dealkylation sites (tertiary alicyclic amines) is 1. The zero-order valence-corrected chi connectivity index (χ0v) is 22.3. The molecule has 0 bridgehead atoms. The lowest BCUT2D eigenvalue weighted by molar-refractivity contribution is 0.203. The molecular weight excluding hydrogens is 492 g/mol. The molecule has 1 saturated heterocycles. The summed E-state index contributed by atoms with van der Waals surface area (Å²) in [4.78, 5) is 33.2. The van der Waals surface area contributed by atoms with Crippen LogP contribution in [0.25, 0.3) is 21.7 Å². The Labute approximate surface area is 219 Å². The summed E-state index contributed by atoms with van der Waals surface area (Å²) in [6.45, 7) is 4.41. The number of aromatic nitrogens is 3. The highest BCUT2D eigenvalue weighted by Crippen LogP contribution is 2.42. The number of hydrogen-bond acceptors (Lipinski definition) is 5. The molecule has 0 amide bonds. The van der Waals surface area contributed by atoms with Crippen molar-refractivity contribution in [1.29, 1.82) is 0 Å². The minimum atomic E-state index is -0.299. The molecule has 0 radical (unpaired) electrons. The maximum atomic E-state index is 12.6. The molecular formula is C28H29ClN4O2S. The molecule has 1 aliphatic rings. The molecule has 0 atom stereocenters. The number of thiazole rings is 1. The standard InChI is InChI=1S/C28H29ClN4O2S/c1-18-4-6-20(7-5-18)25-24(19-8-10-23(29)11-9-19)30-26(36-25)21-12-14-33(15-13-21)17-22-16-31(2)28(35)32(3)27(22)34/h4-11,16,21H,12-15,17H2,1-3H3. The molecule has 1 fully saturated rings. The third-order valence-electron chi connectivity index (χ3n) is 6.92. The van der Waals surface area contributed by atoms with E-state index >= 15 is 0 Å². The second-order valence-electron chi connectivity index (χ2n) is 9.57. The van der Waals surface area contributed by atoms with Gasteiger partial charge in [-0.15, -0.1) is 11.3 Å². The van der Waals surface area contributed by atoms with Gasteiger partial charge in [-0.25, -0.2) is 9.78 Å². The molecule has 0 saturated carbocycles. The lowest BCUT2D eigenvalue weighted by Crippen LogP contribution is -2.41. The van der Waals surface area contributed by atoms with Crippen molar-refractivity contribution in [2.75, 3.05) is 13.1 Å². The average Bonchev–Trinajstić information content (AvgIpc) is 3.33. The summed E-state index contributed by atoms with van der Waals surface area (Å²) >= 11 is 7.93. The Morgan fingerprint density at radius 3 is 2.28 bits per heavy atom. The van der Waals surface area contributed by atoms with Crippen LogP contribution in [0.15, 0.2) is 64.3 Å². The van der Waals surface area contributed by atoms with Crippen LogP contribution in [0, 0.1) is 6.92 Å². The fourth-order valence-electron chi connectivity index (χ4n) is 4.79. The fourth-order valence-corrected chi connectivity index (χ4v) is 6.17. The van der Waals surface area contributed by atoms with Crippen LogP contribution in [-0.2, 0) is 20.6 Å². The largest absolute Gasteiger partial charge is 0.330 e. The van der Waals surface area contributed by atoms with Gasteiger partial charge in [0.15, 0.2) is 0 Å². The van der Waals surface area contributed by atoms with E-state index in [-0.39, 0.29) is 11.2 Å². The topological polar surface area (TPSA) is 60.1 Å². The maximum absolute atomic E-state index is 12.6. The number of aryl methyl sites for hydroxylation is 2. The van der Waals surface area contributed by atoms with Gasteiger partial charge >= 0.3 is 5.69 Å². The van der Waals surface area contributed by atoms with E-state index in [9.17, 15) is 9.59 Å². The van der Waals surface area contributed by atoms with Crippen LogP contribution < -0.4 is 11.2 Å². The summed E-state index contributed by atoms with van der Waals surface area (Å²) in [5.41, 5.74) is 4.63. The Bertz CT molecular complexity index is 1430. The Kier molecular flexibility index (Phi) is 6.97. The van der Waals surface area contributed by atoms with Gasteiger partial charge in [-0.3, -0.25) is 14.3 Å². The second-order valence-corrected chi connectivity index (χ2v) is 11.0. The normalized spacial score (nSPS) is 14.9. The lowest BCUT2D eigenvalue weighted by atomic mass is 9.97. The fraction of sp³-hybridized carbons (Fsp3) is 0.321. The van der Waals surface area contributed by atoms with Crippen LogP contribution >= 0.6 is 22.9 Å². The number of halogens is 1. The van der Waals surface area contributed by atoms with Gasteiger partial charge in [-0.2, -0.15) is 0 Å². The van der Waals surface area contributed by atoms with Gasteiger partial charge < -0.3 is 4.57 Å². The minimum absolute atomic E-state index is 0.213. The smallest absolute Gasteiger partial charge is 0.303 e. The number of nitrogens with zero attached hydrogens (tertiary/aromatic N) is 4. The quantitative estimate of drug-likeness (QED) is 0.362. The van der Waals surface area contributed by atoms with E-state index in [1.165, 1.54) is 32.2 Å². The van der Waals surface area contributed by atoms with Crippen LogP contribution in [0.4, 0.5) is 0 Å². The summed E-state index contributed by atoms with van der Waals surface area (Å²) in [6, 6.07) is 16.5. The molecule has 4 aromatic rings. The Morgan fingerprint density at radius 1 is 0.972 bits per heavy atom. The monoisotopic (exact) mass is 520 g/mol. The predicted molar refractivity (Wildman–Crippen MR) is 147 cm³/mol. The summed E-state index contributed by atoms with van der Waals surface area (Å²) in [5, 5.41) is 1.87. The average molecular weight is 521 g/mol. The van der Waals surface area contributed by atoms with Gasteiger partial charge in [-0.05, 0) is 50.6 Å². The van der Waals surface area contributed by atoms with E-state index in [4.69, 9.17) is 16.6 Å². The maximum Gasteiger partial charge on any atom is 0.330 e. The Balaban J connectivity index is 1.38. The van der Waals surface area contributed by atoms with E-state index in [1.54, 1.807) is 24.6 Å². The lowest BCUT2D eigenvalue weighted by Gasteiger charge is -2.31. The first-order valence-corrected chi connectivity index (χ1v) is 13.3. The van der Waals surface area contributed by atoms with Gasteiger partial charge in [0, 0.05) is 48.9 Å². The molecule has 2 aromatic carbocycles. The van der Waals surface area contributed by atoms with Crippen molar-refractivity contribution in [1.82, 2.24) is 19.0 Å². The summed E-state index contributed by atoms with van der Waals surface area (Å²) < 4.78 is 2.66. The van der Waals surface area contributed by atoms with Crippen molar-refractivity contribution >= 4 is 22.9 Å². The summed E-state index contributed by atoms with van der Waals surface area (Å²) in [7, 11) is 3.22. The van der Waals surface area contributed by atoms with Gasteiger partial charge in [0.05, 0.1) is 15.6 Å². The van der Waals surface area contributed by atoms with Crippen LogP contribution in [0.5, 0.6) is 0 Å². The minimum Gasteiger partial charge on any atom is -0.303 e. The molecule has 2 aromatic heterocycles. The number of hydrogen-bond donors (Lipinski definition) is 0. The predicted octanol–water partition coefficient (Wildman–Crippen LogP) is 5.22. The van der Waals surface area contributed by atoms with Crippen molar-refractivity contribution < 1.29 is 0 Å². The van der Waals surface area contributed by atoms with Crippen LogP contribution in [-0.4, -0.2) is 32.1 Å². The highest BCUT2D eigenvalue weighted by atomic mass is 35.5. The third-order valence-corrected chi connectivity index (χ3v) is 8.44. The van der Waals surface area contributed by atoms with Crippen molar-refractivity contribution in [3.05, 3.63) is 96.7 Å². The molecule has 8 heteroatoms. The molecule has 3 heterocycles. The number of piperidine rings is 1. The SMILES string of the molecule is Cc1ccc(-c2sc(C3CCN(Cc4cn(C)c(=O)n(C)c4=O)CC3)nc2-c2ccc(Cl)cc2)cc1. The zero-order chi connectivity index (χ0) is 25.4. The summed E-state index contributed by atoms with van der Waals surface area (Å²) in [5.74, 6) is 0.375. The van der Waals surface area contributed by atoms with E-state index in [1.807, 2.05) is 24.3 Å². The van der Waals surface area contributed by atoms with Gasteiger partial charge in [-0.1, -0.05) is 53.6 Å². The van der Waals surface area contributed by atoms with Crippen molar-refractivity contribution in [2.45, 2.75) is 32.2 Å². The van der Waals surface area contributed by atoms with E-state index in [0.717, 1.165) is 42.2 Å². The number of benzene rings is 2. The van der Waals surface area contributed by atoms with Crippen molar-refractivity contribution in [2.24, 2.45) is 14.1 Å². The first kappa shape index (κ1) is 24.7. The van der Waals surface area contributed by atoms with Crippen LogP contribution in [0.3, 0.4) is 0 Å². The molecule has 0 N–H and O–H groups in total. The van der Waals surface area contributed by atoms with E-state index in [2.05, 4.69) is 36.1 Å². The molecule has 0 unspecified atom stereocenters. The molecule has 186 valence electrons. The highest BCUT2D eigenvalue weighted by Gasteiger charge is 2.26. The van der Waals surface area contributed by atoms with Gasteiger partial charge in [0.2, 0.25) is 0 Å². The van der Waals surface area contributed by atoms with Crippen molar-refractivity contribution in [3.8, 4) is 21.7 Å². The van der Waals surface area contributed by atoms with E-state index in [0.29, 0.717) is 23.0 Å². The van der Waals surface area contributed by atoms with Crippen LogP contribution in [0.1, 0.15) is 34.9 Å². The third kappa shape index (κ3) is 4.96. The second kappa shape index (κ2) is 10.2. The van der Waals surface area contributed by atoms with Crippen LogP contribution in [0.2, 0.25) is 5.02 Å². The summed E-state index contributed by atoms with van der Waals surface area (Å²) in [6.07, 6.45) is 3.63. The Morgan fingerprint density at radius 2 is 1.61 bits per heavy atom. The molecule has 1 aliphatic heterocycles. The van der Waals surface area contributed by atoms with Gasteiger partial charge in [0.1, 0.15) is 0 Å². The molecule has 0 aliphatic carbocycles. The van der Waals surface area contributed by atoms with Crippen molar-refractivity contribution in [3.63, 3.8) is 0 Å². The molecule has 0 spiro atoms. The van der Waals surface area contributed by atoms with Gasteiger partial charge in [0.25, 0.3) is 5.56 Å². The van der Waals surface area contributed by atoms with E-state index < -0.39 is 0 Å². The molecule has 36 heavy (non-hydrogen) atoms. The Hall–Kier alpha value is -3.00.